The molecule has 2 aromatic heterocycles. The molecular weight excluding hydrogens is 753 g/mol. The topological polar surface area (TPSA) is 34.0 Å². The van der Waals surface area contributed by atoms with E-state index in [0.29, 0.717) is 5.95 Å². The van der Waals surface area contributed by atoms with Crippen LogP contribution < -0.4 is 4.90 Å². The molecule has 0 bridgehead atoms. The van der Waals surface area contributed by atoms with Crippen LogP contribution in [0.15, 0.2) is 206 Å². The predicted molar refractivity (Wildman–Crippen MR) is 258 cm³/mol. The molecule has 14 rings (SSSR count). The molecule has 2 aliphatic rings. The van der Waals surface area contributed by atoms with Crippen molar-refractivity contribution in [3.8, 4) is 61.7 Å². The molecule has 0 radical (unpaired) electrons. The zero-order chi connectivity index (χ0) is 40.5. The second-order valence-electron chi connectivity index (χ2n) is 16.5. The van der Waals surface area contributed by atoms with E-state index in [9.17, 15) is 0 Å². The van der Waals surface area contributed by atoms with Gasteiger partial charge in [0.2, 0.25) is 5.95 Å². The van der Waals surface area contributed by atoms with Gasteiger partial charge in [0.15, 0.2) is 0 Å². The fourth-order valence-electron chi connectivity index (χ4n) is 10.5. The van der Waals surface area contributed by atoms with Crippen molar-refractivity contribution in [1.29, 1.82) is 0 Å². The molecule has 2 aliphatic heterocycles. The van der Waals surface area contributed by atoms with Gasteiger partial charge in [-0.1, -0.05) is 164 Å². The highest BCUT2D eigenvalue weighted by molar-refractivity contribution is 6.27. The Balaban J connectivity index is 0.998. The fraction of sp³-hybridized carbons (Fsp3) is 0. The van der Waals surface area contributed by atoms with Gasteiger partial charge < -0.3 is 4.90 Å². The Kier molecular flexibility index (Phi) is 6.80. The van der Waals surface area contributed by atoms with Crippen LogP contribution in [0.4, 0.5) is 17.1 Å². The summed E-state index contributed by atoms with van der Waals surface area (Å²) in [6.45, 7) is 0. The van der Waals surface area contributed by atoms with Gasteiger partial charge in [0.05, 0.1) is 39.3 Å². The maximum Gasteiger partial charge on any atom is 0.235 e. The molecule has 0 aliphatic carbocycles. The van der Waals surface area contributed by atoms with Gasteiger partial charge in [0.25, 0.3) is 0 Å². The lowest BCUT2D eigenvalue weighted by atomic mass is 9.80. The number of fused-ring (bicyclic) bond motifs is 9. The quantitative estimate of drug-likeness (QED) is 0.178. The summed E-state index contributed by atoms with van der Waals surface area (Å²) in [7, 11) is 0. The predicted octanol–water partition coefficient (Wildman–Crippen LogP) is 15.5. The molecule has 0 fully saturated rings. The number of nitrogens with zero attached hydrogens (tertiary/aromatic N) is 4. The molecule has 62 heavy (non-hydrogen) atoms. The van der Waals surface area contributed by atoms with Crippen molar-refractivity contribution in [3.63, 3.8) is 0 Å². The van der Waals surface area contributed by atoms with Crippen molar-refractivity contribution in [2.24, 2.45) is 0 Å². The number of hydrogen-bond donors (Lipinski definition) is 0. The lowest BCUT2D eigenvalue weighted by molar-refractivity contribution is 1.01. The minimum absolute atomic E-state index is 0.654. The molecule has 4 heteroatoms. The van der Waals surface area contributed by atoms with Gasteiger partial charge in [0, 0.05) is 43.6 Å². The van der Waals surface area contributed by atoms with Crippen molar-refractivity contribution in [2.45, 2.75) is 0 Å². The number of anilines is 3. The van der Waals surface area contributed by atoms with Gasteiger partial charge in [-0.25, -0.2) is 9.97 Å². The Morgan fingerprint density at radius 3 is 1.85 bits per heavy atom. The summed E-state index contributed by atoms with van der Waals surface area (Å²) in [5.41, 5.74) is 18.6. The minimum Gasteiger partial charge on any atom is -0.308 e. The molecule has 0 spiro atoms. The third-order valence-electron chi connectivity index (χ3n) is 13.2. The summed E-state index contributed by atoms with van der Waals surface area (Å²) in [5.74, 6) is 0.654. The van der Waals surface area contributed by atoms with Crippen LogP contribution in [0, 0.1) is 0 Å². The molecule has 10 aromatic carbocycles. The Morgan fingerprint density at radius 2 is 0.968 bits per heavy atom. The van der Waals surface area contributed by atoms with E-state index in [4.69, 9.17) is 9.97 Å². The minimum atomic E-state index is 0.654. The highest BCUT2D eigenvalue weighted by Gasteiger charge is 2.34. The number of aromatic nitrogens is 3. The van der Waals surface area contributed by atoms with Crippen LogP contribution in [-0.2, 0) is 0 Å². The Bertz CT molecular complexity index is 3860. The van der Waals surface area contributed by atoms with Gasteiger partial charge in [-0.2, -0.15) is 0 Å². The average molecular weight is 787 g/mol. The second-order valence-corrected chi connectivity index (χ2v) is 16.5. The maximum absolute atomic E-state index is 5.41. The van der Waals surface area contributed by atoms with Crippen LogP contribution >= 0.6 is 0 Å². The van der Waals surface area contributed by atoms with E-state index in [2.05, 4.69) is 216 Å². The van der Waals surface area contributed by atoms with E-state index >= 15 is 0 Å². The number of para-hydroxylation sites is 3. The lowest BCUT2D eigenvalue weighted by Gasteiger charge is -2.39. The van der Waals surface area contributed by atoms with Gasteiger partial charge in [-0.05, 0) is 86.6 Å². The van der Waals surface area contributed by atoms with Crippen LogP contribution in [0.5, 0.6) is 0 Å². The SMILES string of the molecule is c1ccc(-c2ccc(-c3nc(-n4c5ccccc5c5cc(-c6cc7c8c9c(cccc69)-c6ccccc6N8c6cccc8cccc-7c68)ccc54)nc4ccccc34)cc2)cc1. The maximum atomic E-state index is 5.41. The first-order valence-electron chi connectivity index (χ1n) is 21.2. The van der Waals surface area contributed by atoms with Gasteiger partial charge in [-0.15, -0.1) is 0 Å². The molecule has 0 N–H and O–H groups in total. The van der Waals surface area contributed by atoms with Gasteiger partial charge >= 0.3 is 0 Å². The molecule has 0 unspecified atom stereocenters. The van der Waals surface area contributed by atoms with E-state index in [-0.39, 0.29) is 0 Å². The van der Waals surface area contributed by atoms with Crippen molar-refractivity contribution in [2.75, 3.05) is 4.90 Å². The molecule has 0 atom stereocenters. The normalized spacial score (nSPS) is 12.5. The van der Waals surface area contributed by atoms with Crippen molar-refractivity contribution < 1.29 is 0 Å². The zero-order valence-corrected chi connectivity index (χ0v) is 33.4. The number of benzene rings is 10. The first-order valence-corrected chi connectivity index (χ1v) is 21.2. The summed E-state index contributed by atoms with van der Waals surface area (Å²) >= 11 is 0. The van der Waals surface area contributed by atoms with Crippen LogP contribution in [0.3, 0.4) is 0 Å². The zero-order valence-electron chi connectivity index (χ0n) is 33.4. The highest BCUT2D eigenvalue weighted by Crippen LogP contribution is 2.60. The largest absolute Gasteiger partial charge is 0.308 e. The first kappa shape index (κ1) is 33.5. The molecule has 0 saturated carbocycles. The number of hydrogen-bond acceptors (Lipinski definition) is 3. The summed E-state index contributed by atoms with van der Waals surface area (Å²) in [4.78, 5) is 13.2. The smallest absolute Gasteiger partial charge is 0.235 e. The second kappa shape index (κ2) is 12.6. The molecule has 0 saturated heterocycles. The van der Waals surface area contributed by atoms with E-state index in [0.717, 1.165) is 44.0 Å². The standard InChI is InChI=1S/C58H34N4/c1-2-13-35(14-3-1)36-27-29-38(30-28-36)56-45-19-4-7-23-49(45)59-58(60-56)62-51-25-9-6-18-41(51)47-33-39(31-32-52(47)62)46-34-48-44-20-10-15-37-16-11-26-53(54(37)44)61-50-24-8-5-17-40(50)42-21-12-22-43(46)55(42)57(48)61/h1-34H. The monoisotopic (exact) mass is 786 g/mol. The summed E-state index contributed by atoms with van der Waals surface area (Å²) in [5, 5.41) is 8.44. The van der Waals surface area contributed by atoms with Crippen molar-refractivity contribution >= 4 is 71.3 Å². The molecule has 4 nitrogen and oxygen atoms in total. The third kappa shape index (κ3) is 4.61. The highest BCUT2D eigenvalue weighted by atomic mass is 15.2. The molecule has 12 aromatic rings. The lowest BCUT2D eigenvalue weighted by Crippen LogP contribution is -2.19. The van der Waals surface area contributed by atoms with E-state index in [1.54, 1.807) is 0 Å². The summed E-state index contributed by atoms with van der Waals surface area (Å²) < 4.78 is 2.25. The molecule has 286 valence electrons. The van der Waals surface area contributed by atoms with E-state index in [1.165, 1.54) is 83.1 Å². The van der Waals surface area contributed by atoms with Crippen molar-refractivity contribution in [1.82, 2.24) is 14.5 Å². The van der Waals surface area contributed by atoms with E-state index < -0.39 is 0 Å². The third-order valence-corrected chi connectivity index (χ3v) is 13.2. The van der Waals surface area contributed by atoms with Crippen LogP contribution in [0.25, 0.3) is 116 Å². The van der Waals surface area contributed by atoms with Crippen LogP contribution in [0.1, 0.15) is 0 Å². The molecule has 0 amide bonds. The average Bonchev–Trinajstić information content (AvgIpc) is 3.67. The summed E-state index contributed by atoms with van der Waals surface area (Å²) in [6.07, 6.45) is 0. The Morgan fingerprint density at radius 1 is 0.339 bits per heavy atom. The Hall–Kier alpha value is -8.34. The fourth-order valence-corrected chi connectivity index (χ4v) is 10.5. The van der Waals surface area contributed by atoms with E-state index in [1.807, 2.05) is 0 Å². The van der Waals surface area contributed by atoms with Crippen LogP contribution in [-0.4, -0.2) is 14.5 Å². The first-order chi connectivity index (χ1) is 30.8. The Labute approximate surface area is 357 Å². The molecule has 4 heterocycles. The number of rotatable bonds is 4. The van der Waals surface area contributed by atoms with Gasteiger partial charge in [0.1, 0.15) is 0 Å². The van der Waals surface area contributed by atoms with Crippen molar-refractivity contribution in [3.05, 3.63) is 206 Å². The van der Waals surface area contributed by atoms with Crippen LogP contribution in [0.2, 0.25) is 0 Å². The molecular formula is C58H34N4. The van der Waals surface area contributed by atoms with Gasteiger partial charge in [-0.3, -0.25) is 4.57 Å². The summed E-state index contributed by atoms with van der Waals surface area (Å²) in [6, 6.07) is 74.9.